The smallest absolute Gasteiger partial charge is 0.410 e. The van der Waals surface area contributed by atoms with Crippen LogP contribution >= 0.6 is 11.3 Å². The SMILES string of the molecule is CCCCOC(=O)N1CC=C(c2cncc(-c3cc(N)cs3)n2)CC1. The first-order valence-corrected chi connectivity index (χ1v) is 9.33. The number of aromatic nitrogens is 2. The summed E-state index contributed by atoms with van der Waals surface area (Å²) in [7, 11) is 0. The molecule has 0 atom stereocenters. The van der Waals surface area contributed by atoms with Crippen LogP contribution in [-0.2, 0) is 4.74 Å². The zero-order valence-corrected chi connectivity index (χ0v) is 15.1. The van der Waals surface area contributed by atoms with Crippen LogP contribution in [0.3, 0.4) is 0 Å². The molecular weight excluding hydrogens is 336 g/mol. The van der Waals surface area contributed by atoms with Gasteiger partial charge in [-0.25, -0.2) is 9.78 Å². The molecule has 0 unspecified atom stereocenters. The Kier molecular flexibility index (Phi) is 5.65. The Morgan fingerprint density at radius 2 is 2.24 bits per heavy atom. The average Bonchev–Trinajstić information content (AvgIpc) is 3.08. The predicted molar refractivity (Wildman–Crippen MR) is 100 cm³/mol. The Morgan fingerprint density at radius 1 is 1.40 bits per heavy atom. The zero-order valence-electron chi connectivity index (χ0n) is 14.3. The Morgan fingerprint density at radius 3 is 2.92 bits per heavy atom. The van der Waals surface area contributed by atoms with E-state index in [0.717, 1.165) is 46.8 Å². The number of hydrogen-bond acceptors (Lipinski definition) is 6. The Labute approximate surface area is 151 Å². The molecule has 7 heteroatoms. The van der Waals surface area contributed by atoms with Crippen molar-refractivity contribution in [1.29, 1.82) is 0 Å². The van der Waals surface area contributed by atoms with E-state index in [-0.39, 0.29) is 6.09 Å². The quantitative estimate of drug-likeness (QED) is 0.822. The van der Waals surface area contributed by atoms with Gasteiger partial charge in [0.1, 0.15) is 0 Å². The normalized spacial score (nSPS) is 14.3. The fourth-order valence-corrected chi connectivity index (χ4v) is 3.34. The van der Waals surface area contributed by atoms with Crippen LogP contribution in [-0.4, -0.2) is 40.7 Å². The third kappa shape index (κ3) is 4.36. The summed E-state index contributed by atoms with van der Waals surface area (Å²) in [5.41, 5.74) is 9.30. The number of carbonyl (C=O) groups is 1. The second kappa shape index (κ2) is 8.11. The summed E-state index contributed by atoms with van der Waals surface area (Å²) in [4.78, 5) is 23.7. The number of nitrogen functional groups attached to an aromatic ring is 1. The molecule has 1 amide bonds. The number of anilines is 1. The topological polar surface area (TPSA) is 81.3 Å². The summed E-state index contributed by atoms with van der Waals surface area (Å²) >= 11 is 1.56. The highest BCUT2D eigenvalue weighted by Gasteiger charge is 2.20. The summed E-state index contributed by atoms with van der Waals surface area (Å²) in [5.74, 6) is 0. The van der Waals surface area contributed by atoms with Crippen molar-refractivity contribution in [2.45, 2.75) is 26.2 Å². The van der Waals surface area contributed by atoms with Crippen LogP contribution in [0.25, 0.3) is 16.1 Å². The molecule has 3 heterocycles. The molecule has 25 heavy (non-hydrogen) atoms. The molecule has 2 aromatic rings. The van der Waals surface area contributed by atoms with Crippen LogP contribution in [0.1, 0.15) is 31.9 Å². The van der Waals surface area contributed by atoms with Crippen LogP contribution in [0, 0.1) is 0 Å². The second-order valence-corrected chi connectivity index (χ2v) is 6.84. The first kappa shape index (κ1) is 17.4. The van der Waals surface area contributed by atoms with Crippen LogP contribution < -0.4 is 5.73 Å². The summed E-state index contributed by atoms with van der Waals surface area (Å²) in [6, 6.07) is 1.90. The van der Waals surface area contributed by atoms with Crippen molar-refractivity contribution < 1.29 is 9.53 Å². The molecule has 6 nitrogen and oxygen atoms in total. The maximum Gasteiger partial charge on any atom is 0.410 e. The van der Waals surface area contributed by atoms with Crippen LogP contribution in [0.15, 0.2) is 29.9 Å². The number of nitrogens with zero attached hydrogens (tertiary/aromatic N) is 3. The minimum Gasteiger partial charge on any atom is -0.449 e. The standard InChI is InChI=1S/C18H22N4O2S/c1-2-3-8-24-18(23)22-6-4-13(5-7-22)15-10-20-11-16(21-15)17-9-14(19)12-25-17/h4,9-12H,2-3,5-8,19H2,1H3. The van der Waals surface area contributed by atoms with Crippen molar-refractivity contribution in [3.63, 3.8) is 0 Å². The highest BCUT2D eigenvalue weighted by molar-refractivity contribution is 7.14. The fourth-order valence-electron chi connectivity index (χ4n) is 2.59. The molecule has 132 valence electrons. The lowest BCUT2D eigenvalue weighted by Gasteiger charge is -2.25. The third-order valence-electron chi connectivity index (χ3n) is 4.03. The molecule has 3 rings (SSSR count). The first-order valence-electron chi connectivity index (χ1n) is 8.45. The molecule has 0 aliphatic carbocycles. The molecule has 0 saturated heterocycles. The average molecular weight is 358 g/mol. The van der Waals surface area contributed by atoms with Crippen molar-refractivity contribution in [1.82, 2.24) is 14.9 Å². The molecule has 2 aromatic heterocycles. The lowest BCUT2D eigenvalue weighted by molar-refractivity contribution is 0.105. The van der Waals surface area contributed by atoms with Crippen molar-refractivity contribution >= 4 is 28.7 Å². The van der Waals surface area contributed by atoms with Crippen LogP contribution in [0.5, 0.6) is 0 Å². The van der Waals surface area contributed by atoms with E-state index < -0.39 is 0 Å². The van der Waals surface area contributed by atoms with E-state index in [9.17, 15) is 4.79 Å². The lowest BCUT2D eigenvalue weighted by Crippen LogP contribution is -2.35. The summed E-state index contributed by atoms with van der Waals surface area (Å²) < 4.78 is 5.26. The third-order valence-corrected chi connectivity index (χ3v) is 5.00. The monoisotopic (exact) mass is 358 g/mol. The molecule has 1 aliphatic heterocycles. The first-order chi connectivity index (χ1) is 12.2. The van der Waals surface area contributed by atoms with E-state index in [4.69, 9.17) is 15.5 Å². The van der Waals surface area contributed by atoms with Gasteiger partial charge in [0, 0.05) is 24.2 Å². The van der Waals surface area contributed by atoms with Gasteiger partial charge in [0.05, 0.1) is 35.3 Å². The van der Waals surface area contributed by atoms with Gasteiger partial charge < -0.3 is 15.4 Å². The Bertz CT molecular complexity index is 772. The number of rotatable bonds is 5. The summed E-state index contributed by atoms with van der Waals surface area (Å²) in [6.45, 7) is 3.73. The maximum absolute atomic E-state index is 12.0. The van der Waals surface area contributed by atoms with Crippen molar-refractivity contribution in [3.05, 3.63) is 35.6 Å². The Hall–Kier alpha value is -2.41. The minimum atomic E-state index is -0.238. The minimum absolute atomic E-state index is 0.238. The summed E-state index contributed by atoms with van der Waals surface area (Å²) in [5, 5.41) is 1.89. The van der Waals surface area contributed by atoms with Gasteiger partial charge in [0.15, 0.2) is 0 Å². The molecule has 0 aromatic carbocycles. The fraction of sp³-hybridized carbons (Fsp3) is 0.389. The van der Waals surface area contributed by atoms with E-state index >= 15 is 0 Å². The van der Waals surface area contributed by atoms with Crippen molar-refractivity contribution in [3.8, 4) is 10.6 Å². The lowest BCUT2D eigenvalue weighted by atomic mass is 10.1. The molecule has 0 radical (unpaired) electrons. The Balaban J connectivity index is 1.66. The van der Waals surface area contributed by atoms with Crippen LogP contribution in [0.4, 0.5) is 10.5 Å². The maximum atomic E-state index is 12.0. The summed E-state index contributed by atoms with van der Waals surface area (Å²) in [6.07, 6.45) is 7.96. The van der Waals surface area contributed by atoms with E-state index in [1.165, 1.54) is 0 Å². The van der Waals surface area contributed by atoms with Crippen LogP contribution in [0.2, 0.25) is 0 Å². The van der Waals surface area contributed by atoms with Gasteiger partial charge in [0.25, 0.3) is 0 Å². The van der Waals surface area contributed by atoms with Crippen molar-refractivity contribution in [2.24, 2.45) is 0 Å². The number of unbranched alkanes of at least 4 members (excludes halogenated alkanes) is 1. The second-order valence-electron chi connectivity index (χ2n) is 5.93. The predicted octanol–water partition coefficient (Wildman–Crippen LogP) is 3.81. The van der Waals surface area contributed by atoms with Gasteiger partial charge in [-0.3, -0.25) is 4.98 Å². The highest BCUT2D eigenvalue weighted by atomic mass is 32.1. The van der Waals surface area contributed by atoms with E-state index in [0.29, 0.717) is 19.7 Å². The zero-order chi connectivity index (χ0) is 17.6. The molecule has 0 spiro atoms. The van der Waals surface area contributed by atoms with Gasteiger partial charge in [-0.2, -0.15) is 0 Å². The number of carbonyl (C=O) groups excluding carboxylic acids is 1. The number of nitrogens with two attached hydrogens (primary N) is 1. The van der Waals surface area contributed by atoms with Gasteiger partial charge in [-0.15, -0.1) is 11.3 Å². The molecule has 2 N–H and O–H groups in total. The van der Waals surface area contributed by atoms with Gasteiger partial charge in [-0.05, 0) is 24.5 Å². The van der Waals surface area contributed by atoms with Gasteiger partial charge >= 0.3 is 6.09 Å². The molecule has 0 bridgehead atoms. The van der Waals surface area contributed by atoms with E-state index in [2.05, 4.69) is 11.9 Å². The number of ether oxygens (including phenoxy) is 1. The van der Waals surface area contributed by atoms with E-state index in [1.54, 1.807) is 28.6 Å². The van der Waals surface area contributed by atoms with Crippen molar-refractivity contribution in [2.75, 3.05) is 25.4 Å². The number of hydrogen-bond donors (Lipinski definition) is 1. The van der Waals surface area contributed by atoms with Gasteiger partial charge in [0.2, 0.25) is 0 Å². The van der Waals surface area contributed by atoms with E-state index in [1.807, 2.05) is 17.5 Å². The number of amides is 1. The molecular formula is C18H22N4O2S. The molecule has 1 aliphatic rings. The van der Waals surface area contributed by atoms with Gasteiger partial charge in [-0.1, -0.05) is 19.4 Å². The number of thiophene rings is 1. The molecule has 0 saturated carbocycles. The highest BCUT2D eigenvalue weighted by Crippen LogP contribution is 2.28. The molecule has 0 fully saturated rings. The largest absolute Gasteiger partial charge is 0.449 e.